The van der Waals surface area contributed by atoms with Crippen molar-refractivity contribution < 1.29 is 4.57 Å². The van der Waals surface area contributed by atoms with E-state index in [0.29, 0.717) is 5.41 Å². The predicted octanol–water partition coefficient (Wildman–Crippen LogP) is 4.62. The van der Waals surface area contributed by atoms with Crippen molar-refractivity contribution in [3.05, 3.63) is 47.7 Å². The molecule has 1 aromatic heterocycles. The van der Waals surface area contributed by atoms with E-state index in [9.17, 15) is 0 Å². The first kappa shape index (κ1) is 18.3. The van der Waals surface area contributed by atoms with Gasteiger partial charge in [0.25, 0.3) is 0 Å². The molecule has 124 valence electrons. The zero-order valence-corrected chi connectivity index (χ0v) is 18.2. The van der Waals surface area contributed by atoms with Crippen LogP contribution in [0.2, 0.25) is 17.3 Å². The Labute approximate surface area is 145 Å². The van der Waals surface area contributed by atoms with Gasteiger partial charge in [-0.1, -0.05) is 0 Å². The molecule has 0 unspecified atom stereocenters. The van der Waals surface area contributed by atoms with Crippen molar-refractivity contribution in [1.29, 1.82) is 0 Å². The first-order valence-electron chi connectivity index (χ1n) is 8.58. The maximum atomic E-state index is 2.50. The summed E-state index contributed by atoms with van der Waals surface area (Å²) >= 11 is -1.93. The standard InChI is InChI=1S/C21H32GeN/c1-16-11-9-10-12-18(16)20-13-19(22(5,6)7)17(15-23(20)8)14-21(2,3)4/h9-13,15H,14H2,1-8H3/q+1. The Morgan fingerprint density at radius 1 is 1.04 bits per heavy atom. The third-order valence-corrected chi connectivity index (χ3v) is 8.67. The molecule has 0 radical (unpaired) electrons. The second-order valence-corrected chi connectivity index (χ2v) is 19.6. The molecule has 0 spiro atoms. The summed E-state index contributed by atoms with van der Waals surface area (Å²) in [6, 6.07) is 11.2. The number of benzene rings is 1. The van der Waals surface area contributed by atoms with Gasteiger partial charge in [-0.15, -0.1) is 0 Å². The van der Waals surface area contributed by atoms with E-state index in [4.69, 9.17) is 0 Å². The molecule has 23 heavy (non-hydrogen) atoms. The number of aryl methyl sites for hydroxylation is 2. The second-order valence-electron chi connectivity index (χ2n) is 9.01. The molecule has 0 aliphatic rings. The van der Waals surface area contributed by atoms with E-state index in [1.54, 1.807) is 9.96 Å². The Kier molecular flexibility index (Phi) is 5.10. The van der Waals surface area contributed by atoms with Crippen LogP contribution < -0.4 is 8.96 Å². The SMILES string of the molecule is Cc1ccccc1-c1c[c]([Ge]([CH3])([CH3])[CH3])c(CC(C)(C)C)c[n+]1C. The van der Waals surface area contributed by atoms with Gasteiger partial charge in [-0.2, -0.15) is 0 Å². The third kappa shape index (κ3) is 4.47. The molecule has 2 rings (SSSR count). The Bertz CT molecular complexity index is 703. The summed E-state index contributed by atoms with van der Waals surface area (Å²) in [5.74, 6) is 7.51. The molecule has 0 aliphatic heterocycles. The van der Waals surface area contributed by atoms with Crippen LogP contribution in [-0.4, -0.2) is 13.3 Å². The van der Waals surface area contributed by atoms with Crippen LogP contribution in [0.25, 0.3) is 11.3 Å². The summed E-state index contributed by atoms with van der Waals surface area (Å²) in [4.78, 5) is 0. The van der Waals surface area contributed by atoms with Gasteiger partial charge in [0.1, 0.15) is 0 Å². The van der Waals surface area contributed by atoms with Gasteiger partial charge < -0.3 is 0 Å². The molecule has 0 amide bonds. The molecule has 0 saturated carbocycles. The Balaban J connectivity index is 2.67. The summed E-state index contributed by atoms with van der Waals surface area (Å²) in [5.41, 5.74) is 5.91. The maximum absolute atomic E-state index is 2.50. The van der Waals surface area contributed by atoms with Gasteiger partial charge in [0, 0.05) is 0 Å². The van der Waals surface area contributed by atoms with Crippen molar-refractivity contribution >= 4 is 17.7 Å². The molecule has 0 atom stereocenters. The monoisotopic (exact) mass is 372 g/mol. The quantitative estimate of drug-likeness (QED) is 0.548. The minimum absolute atomic E-state index is 0.319. The Hall–Kier alpha value is -1.09. The fraction of sp³-hybridized carbons (Fsp3) is 0.476. The van der Waals surface area contributed by atoms with Crippen LogP contribution in [-0.2, 0) is 13.5 Å². The second kappa shape index (κ2) is 6.43. The van der Waals surface area contributed by atoms with Crippen molar-refractivity contribution in [2.75, 3.05) is 0 Å². The molecular formula is C21H32GeN+. The van der Waals surface area contributed by atoms with E-state index in [1.807, 2.05) is 0 Å². The molecule has 2 aromatic rings. The van der Waals surface area contributed by atoms with E-state index < -0.39 is 13.3 Å². The van der Waals surface area contributed by atoms with Crippen LogP contribution >= 0.6 is 0 Å². The van der Waals surface area contributed by atoms with Crippen molar-refractivity contribution in [2.45, 2.75) is 51.4 Å². The molecule has 1 heterocycles. The molecule has 0 saturated heterocycles. The number of rotatable bonds is 3. The average molecular weight is 371 g/mol. The van der Waals surface area contributed by atoms with Crippen molar-refractivity contribution in [3.63, 3.8) is 0 Å². The number of hydrogen-bond acceptors (Lipinski definition) is 0. The van der Waals surface area contributed by atoms with E-state index in [-0.39, 0.29) is 0 Å². The van der Waals surface area contributed by atoms with Gasteiger partial charge in [-0.05, 0) is 0 Å². The van der Waals surface area contributed by atoms with Crippen LogP contribution in [0.5, 0.6) is 0 Å². The first-order chi connectivity index (χ1) is 10.5. The first-order valence-corrected chi connectivity index (χ1v) is 15.9. The summed E-state index contributed by atoms with van der Waals surface area (Å²) < 4.78 is 3.97. The van der Waals surface area contributed by atoms with Gasteiger partial charge in [0.15, 0.2) is 0 Å². The molecule has 0 fully saturated rings. The summed E-state index contributed by atoms with van der Waals surface area (Å²) in [6.07, 6.45) is 3.53. The molecule has 0 aliphatic carbocycles. The zero-order valence-electron chi connectivity index (χ0n) is 16.1. The molecule has 2 heteroatoms. The normalized spacial score (nSPS) is 12.5. The van der Waals surface area contributed by atoms with E-state index in [0.717, 1.165) is 6.42 Å². The van der Waals surface area contributed by atoms with E-state index >= 15 is 0 Å². The summed E-state index contributed by atoms with van der Waals surface area (Å²) in [7, 11) is 2.19. The molecule has 0 bridgehead atoms. The fourth-order valence-corrected chi connectivity index (χ4v) is 6.78. The van der Waals surface area contributed by atoms with Crippen LogP contribution in [0.1, 0.15) is 31.9 Å². The van der Waals surface area contributed by atoms with Gasteiger partial charge in [0.05, 0.1) is 0 Å². The number of hydrogen-bond donors (Lipinski definition) is 0. The zero-order chi connectivity index (χ0) is 17.4. The molecule has 1 nitrogen and oxygen atoms in total. The van der Waals surface area contributed by atoms with E-state index in [1.165, 1.54) is 16.8 Å². The third-order valence-electron chi connectivity index (χ3n) is 4.31. The number of pyridine rings is 1. The summed E-state index contributed by atoms with van der Waals surface area (Å²) in [5, 5.41) is 0. The molecular weight excluding hydrogens is 339 g/mol. The van der Waals surface area contributed by atoms with Crippen LogP contribution in [0.15, 0.2) is 36.5 Å². The van der Waals surface area contributed by atoms with Gasteiger partial charge in [-0.3, -0.25) is 0 Å². The number of nitrogens with zero attached hydrogens (tertiary/aromatic N) is 1. The summed E-state index contributed by atoms with van der Waals surface area (Å²) in [6.45, 7) is 9.21. The van der Waals surface area contributed by atoms with Gasteiger partial charge in [0.2, 0.25) is 0 Å². The van der Waals surface area contributed by atoms with Gasteiger partial charge >= 0.3 is 145 Å². The molecule has 1 aromatic carbocycles. The van der Waals surface area contributed by atoms with Crippen LogP contribution in [0.4, 0.5) is 0 Å². The molecule has 0 N–H and O–H groups in total. The van der Waals surface area contributed by atoms with Gasteiger partial charge in [-0.25, -0.2) is 0 Å². The van der Waals surface area contributed by atoms with Crippen molar-refractivity contribution in [3.8, 4) is 11.3 Å². The fourth-order valence-electron chi connectivity index (χ4n) is 3.24. The average Bonchev–Trinajstić information content (AvgIpc) is 2.36. The number of aromatic nitrogens is 1. The minimum atomic E-state index is -1.93. The van der Waals surface area contributed by atoms with Crippen molar-refractivity contribution in [1.82, 2.24) is 0 Å². The Morgan fingerprint density at radius 2 is 1.65 bits per heavy atom. The van der Waals surface area contributed by atoms with Crippen LogP contribution in [0, 0.1) is 12.3 Å². The predicted molar refractivity (Wildman–Crippen MR) is 104 cm³/mol. The van der Waals surface area contributed by atoms with Crippen molar-refractivity contribution in [2.24, 2.45) is 12.5 Å². The van der Waals surface area contributed by atoms with E-state index in [2.05, 4.69) is 93.1 Å². The Morgan fingerprint density at radius 3 is 2.17 bits per heavy atom. The topological polar surface area (TPSA) is 3.88 Å². The van der Waals surface area contributed by atoms with Crippen LogP contribution in [0.3, 0.4) is 0 Å².